The van der Waals surface area contributed by atoms with Crippen molar-refractivity contribution in [3.8, 4) is 0 Å². The summed E-state index contributed by atoms with van der Waals surface area (Å²) in [6.45, 7) is 2.72. The van der Waals surface area contributed by atoms with Crippen molar-refractivity contribution >= 4 is 67.5 Å². The van der Waals surface area contributed by atoms with E-state index in [-0.39, 0.29) is 5.69 Å². The third kappa shape index (κ3) is 5.60. The summed E-state index contributed by atoms with van der Waals surface area (Å²) in [7, 11) is -3.24. The third-order valence-corrected chi connectivity index (χ3v) is 6.84. The Morgan fingerprint density at radius 2 is 2.10 bits per heavy atom. The van der Waals surface area contributed by atoms with Gasteiger partial charge in [0.1, 0.15) is 11.5 Å². The molecule has 0 aliphatic heterocycles. The molecule has 162 valence electrons. The van der Waals surface area contributed by atoms with E-state index in [0.29, 0.717) is 57.3 Å². The monoisotopic (exact) mass is 490 g/mol. The van der Waals surface area contributed by atoms with Crippen LogP contribution in [-0.4, -0.2) is 58.8 Å². The number of carboxylic acid groups (broad SMARTS) is 1. The molecule has 0 bridgehead atoms. The average Bonchev–Trinajstić information content (AvgIpc) is 3.25. The Morgan fingerprint density at radius 3 is 2.73 bits per heavy atom. The molecule has 3 heterocycles. The molecule has 30 heavy (non-hydrogen) atoms. The van der Waals surface area contributed by atoms with E-state index < -0.39 is 16.0 Å². The number of nitrogens with one attached hydrogen (secondary N) is 3. The molecule has 0 fully saturated rings. The number of halogens is 1. The molecule has 0 aliphatic rings. The number of carbonyl (C=O) groups is 1. The van der Waals surface area contributed by atoms with E-state index in [2.05, 4.69) is 30.0 Å². The molecule has 0 radical (unpaired) electrons. The van der Waals surface area contributed by atoms with Crippen LogP contribution < -0.4 is 10.0 Å². The highest BCUT2D eigenvalue weighted by Gasteiger charge is 2.18. The fraction of sp³-hybridized carbons (Fsp3) is 0.375. The number of hydrogen-bond acceptors (Lipinski definition) is 9. The van der Waals surface area contributed by atoms with Crippen molar-refractivity contribution < 1.29 is 18.3 Å². The minimum absolute atomic E-state index is 0.0310. The van der Waals surface area contributed by atoms with Gasteiger partial charge in [0.2, 0.25) is 10.0 Å². The largest absolute Gasteiger partial charge is 0.476 e. The zero-order valence-electron chi connectivity index (χ0n) is 16.0. The first-order valence-corrected chi connectivity index (χ1v) is 12.8. The number of aryl methyl sites for hydroxylation is 1. The summed E-state index contributed by atoms with van der Waals surface area (Å²) in [5, 5.41) is 15.2. The molecule has 0 aromatic carbocycles. The average molecular weight is 491 g/mol. The number of fused-ring (bicyclic) bond motifs is 1. The van der Waals surface area contributed by atoms with Crippen LogP contribution in [0.4, 0.5) is 5.82 Å². The van der Waals surface area contributed by atoms with Gasteiger partial charge in [-0.25, -0.2) is 32.9 Å². The van der Waals surface area contributed by atoms with Crippen LogP contribution >= 0.6 is 34.7 Å². The second-order valence-corrected chi connectivity index (χ2v) is 10.5. The molecule has 0 saturated heterocycles. The number of aromatic amines is 1. The highest BCUT2D eigenvalue weighted by molar-refractivity contribution is 8.00. The molecule has 0 amide bonds. The van der Waals surface area contributed by atoms with E-state index in [1.54, 1.807) is 0 Å². The van der Waals surface area contributed by atoms with Crippen molar-refractivity contribution in [1.82, 2.24) is 24.7 Å². The van der Waals surface area contributed by atoms with Crippen molar-refractivity contribution in [2.75, 3.05) is 24.7 Å². The molecule has 3 aromatic heterocycles. The maximum atomic E-state index is 11.2. The Morgan fingerprint density at radius 1 is 1.33 bits per heavy atom. The second kappa shape index (κ2) is 9.47. The molecule has 0 saturated carbocycles. The van der Waals surface area contributed by atoms with Crippen molar-refractivity contribution in [3.05, 3.63) is 21.8 Å². The lowest BCUT2D eigenvalue weighted by Crippen LogP contribution is -2.24. The van der Waals surface area contributed by atoms with Crippen LogP contribution in [0, 0.1) is 0 Å². The fourth-order valence-corrected chi connectivity index (χ4v) is 5.06. The number of thiazole rings is 1. The van der Waals surface area contributed by atoms with Crippen molar-refractivity contribution in [2.24, 2.45) is 0 Å². The summed E-state index contributed by atoms with van der Waals surface area (Å²) >= 11 is 8.83. The molecule has 0 unspecified atom stereocenters. The standard InChI is InChI=1S/C16H19ClN6O4S3/c1-3-8-11(17)10-12(18-5-4-6-19-30(2,26)27)22-15(23-13(10)20-8)29-16-21-9(7-28-16)14(24)25/h7,19H,3-6H2,1-2H3,(H,24,25)(H2,18,20,22,23). The van der Waals surface area contributed by atoms with Gasteiger partial charge in [0.25, 0.3) is 0 Å². The zero-order valence-corrected chi connectivity index (χ0v) is 19.2. The highest BCUT2D eigenvalue weighted by Crippen LogP contribution is 2.35. The van der Waals surface area contributed by atoms with Crippen LogP contribution in [0.5, 0.6) is 0 Å². The molecule has 10 nitrogen and oxygen atoms in total. The molecular formula is C16H19ClN6O4S3. The maximum absolute atomic E-state index is 11.2. The summed E-state index contributed by atoms with van der Waals surface area (Å²) in [5.41, 5.74) is 1.35. The first kappa shape index (κ1) is 22.7. The Kier molecular flexibility index (Phi) is 7.18. The molecule has 4 N–H and O–H groups in total. The summed E-state index contributed by atoms with van der Waals surface area (Å²) in [6, 6.07) is 0. The highest BCUT2D eigenvalue weighted by atomic mass is 35.5. The van der Waals surface area contributed by atoms with Gasteiger partial charge in [-0.05, 0) is 24.6 Å². The minimum atomic E-state index is -3.24. The normalized spacial score (nSPS) is 11.8. The Labute approximate surface area is 185 Å². The lowest BCUT2D eigenvalue weighted by Gasteiger charge is -2.09. The van der Waals surface area contributed by atoms with Gasteiger partial charge in [-0.1, -0.05) is 18.5 Å². The summed E-state index contributed by atoms with van der Waals surface area (Å²) in [5.74, 6) is -0.582. The fourth-order valence-electron chi connectivity index (χ4n) is 2.54. The molecule has 3 aromatic rings. The number of sulfonamides is 1. The molecule has 3 rings (SSSR count). The van der Waals surface area contributed by atoms with Crippen LogP contribution in [-0.2, 0) is 16.4 Å². The molecule has 0 atom stereocenters. The van der Waals surface area contributed by atoms with E-state index in [1.807, 2.05) is 6.92 Å². The second-order valence-electron chi connectivity index (χ2n) is 6.20. The zero-order chi connectivity index (χ0) is 21.9. The maximum Gasteiger partial charge on any atom is 0.355 e. The van der Waals surface area contributed by atoms with Gasteiger partial charge in [-0.3, -0.25) is 0 Å². The predicted molar refractivity (Wildman–Crippen MR) is 117 cm³/mol. The lowest BCUT2D eigenvalue weighted by atomic mass is 10.3. The first-order valence-electron chi connectivity index (χ1n) is 8.81. The van der Waals surface area contributed by atoms with Gasteiger partial charge >= 0.3 is 5.97 Å². The van der Waals surface area contributed by atoms with Crippen molar-refractivity contribution in [1.29, 1.82) is 0 Å². The van der Waals surface area contributed by atoms with Gasteiger partial charge in [0, 0.05) is 24.2 Å². The molecular weight excluding hydrogens is 472 g/mol. The molecule has 0 aliphatic carbocycles. The van der Waals surface area contributed by atoms with Crippen LogP contribution in [0.1, 0.15) is 29.5 Å². The van der Waals surface area contributed by atoms with Gasteiger partial charge in [-0.2, -0.15) is 0 Å². The Balaban J connectivity index is 1.84. The van der Waals surface area contributed by atoms with Gasteiger partial charge in [0.15, 0.2) is 15.2 Å². The summed E-state index contributed by atoms with van der Waals surface area (Å²) < 4.78 is 25.3. The third-order valence-electron chi connectivity index (χ3n) is 3.89. The van der Waals surface area contributed by atoms with Crippen molar-refractivity contribution in [2.45, 2.75) is 29.3 Å². The van der Waals surface area contributed by atoms with Gasteiger partial charge < -0.3 is 15.4 Å². The van der Waals surface area contributed by atoms with Gasteiger partial charge in [-0.15, -0.1) is 11.3 Å². The number of anilines is 1. The molecule has 0 spiro atoms. The van der Waals surface area contributed by atoms with Crippen molar-refractivity contribution in [3.63, 3.8) is 0 Å². The Bertz CT molecular complexity index is 1180. The molecule has 14 heteroatoms. The van der Waals surface area contributed by atoms with Gasteiger partial charge in [0.05, 0.1) is 16.7 Å². The van der Waals surface area contributed by atoms with Crippen LogP contribution in [0.2, 0.25) is 5.02 Å². The SMILES string of the molecule is CCc1[nH]c2nc(Sc3nc(C(=O)O)cs3)nc(NCCCNS(C)(=O)=O)c2c1Cl. The number of nitrogens with zero attached hydrogens (tertiary/aromatic N) is 3. The Hall–Kier alpha value is -1.93. The number of hydrogen-bond donors (Lipinski definition) is 4. The minimum Gasteiger partial charge on any atom is -0.476 e. The van der Waals surface area contributed by atoms with E-state index in [4.69, 9.17) is 16.7 Å². The van der Waals surface area contributed by atoms with E-state index in [9.17, 15) is 13.2 Å². The van der Waals surface area contributed by atoms with E-state index in [1.165, 1.54) is 16.7 Å². The summed E-state index contributed by atoms with van der Waals surface area (Å²) in [6.07, 6.45) is 2.33. The predicted octanol–water partition coefficient (Wildman–Crippen LogP) is 2.83. The smallest absolute Gasteiger partial charge is 0.355 e. The summed E-state index contributed by atoms with van der Waals surface area (Å²) in [4.78, 5) is 27.3. The quantitative estimate of drug-likeness (QED) is 0.248. The van der Waals surface area contributed by atoms with Crippen LogP contribution in [0.25, 0.3) is 11.0 Å². The lowest BCUT2D eigenvalue weighted by molar-refractivity contribution is 0.0691. The van der Waals surface area contributed by atoms with Crippen LogP contribution in [0.3, 0.4) is 0 Å². The number of rotatable bonds is 10. The number of aromatic carboxylic acids is 1. The van der Waals surface area contributed by atoms with Crippen LogP contribution in [0.15, 0.2) is 14.9 Å². The number of aromatic nitrogens is 4. The number of carboxylic acids is 1. The number of H-pyrrole nitrogens is 1. The topological polar surface area (TPSA) is 150 Å². The van der Waals surface area contributed by atoms with E-state index >= 15 is 0 Å². The first-order chi connectivity index (χ1) is 14.2. The van der Waals surface area contributed by atoms with E-state index in [0.717, 1.165) is 23.7 Å².